The second kappa shape index (κ2) is 8.93. The van der Waals surface area contributed by atoms with Crippen LogP contribution in [0.3, 0.4) is 0 Å². The van der Waals surface area contributed by atoms with Crippen LogP contribution < -0.4 is 0 Å². The highest BCUT2D eigenvalue weighted by Gasteiger charge is 2.33. The predicted molar refractivity (Wildman–Crippen MR) is 105 cm³/mol. The molecule has 3 nitrogen and oxygen atoms in total. The second-order valence-corrected chi connectivity index (χ2v) is 8.17. The van der Waals surface area contributed by atoms with Crippen LogP contribution in [0.2, 0.25) is 0 Å². The third-order valence-corrected chi connectivity index (χ3v) is 6.29. The number of unbranched alkanes of at least 4 members (excludes halogenated alkanes) is 3. The predicted octanol–water partition coefficient (Wildman–Crippen LogP) is 6.89. The molecule has 0 spiro atoms. The molecule has 0 bridgehead atoms. The summed E-state index contributed by atoms with van der Waals surface area (Å²) in [6, 6.07) is 6.77. The summed E-state index contributed by atoms with van der Waals surface area (Å²) < 4.78 is 38.3. The molecule has 0 atom stereocenters. The Hall–Kier alpha value is -1.80. The van der Waals surface area contributed by atoms with Gasteiger partial charge in [-0.1, -0.05) is 26.2 Å². The van der Waals surface area contributed by atoms with E-state index >= 15 is 0 Å². The maximum Gasteiger partial charge on any atom is 0.432 e. The van der Waals surface area contributed by atoms with Crippen molar-refractivity contribution in [3.8, 4) is 21.8 Å². The molecule has 0 fully saturated rings. The third kappa shape index (κ3) is 5.13. The van der Waals surface area contributed by atoms with E-state index in [1.165, 1.54) is 30.6 Å². The summed E-state index contributed by atoms with van der Waals surface area (Å²) >= 11 is 3.46. The Morgan fingerprint density at radius 2 is 1.96 bits per heavy atom. The topological polar surface area (TPSA) is 41.6 Å². The molecule has 0 radical (unpaired) electrons. The van der Waals surface area contributed by atoms with Crippen LogP contribution in [0, 0.1) is 0 Å². The molecule has 0 aliphatic rings. The first-order valence-corrected chi connectivity index (χ1v) is 10.6. The molecule has 1 N–H and O–H groups in total. The molecule has 144 valence electrons. The summed E-state index contributed by atoms with van der Waals surface area (Å²) in [6.07, 6.45) is 2.07. The number of aromatic amines is 1. The zero-order valence-corrected chi connectivity index (χ0v) is 16.5. The van der Waals surface area contributed by atoms with Crippen molar-refractivity contribution in [1.29, 1.82) is 0 Å². The lowest BCUT2D eigenvalue weighted by Gasteiger charge is -2.05. The van der Waals surface area contributed by atoms with Gasteiger partial charge in [0.05, 0.1) is 5.69 Å². The monoisotopic (exact) mass is 411 g/mol. The Labute approximate surface area is 164 Å². The first-order chi connectivity index (χ1) is 13.0. The van der Waals surface area contributed by atoms with Gasteiger partial charge in [-0.25, -0.2) is 0 Å². The number of rotatable bonds is 8. The van der Waals surface area contributed by atoms with Gasteiger partial charge in [0.15, 0.2) is 0 Å². The SMILES string of the molecule is CCCCCCSc1ccsc1-c1ccnc(-c2cc(C(F)(F)F)[nH]n2)c1. The molecule has 3 rings (SSSR count). The number of thiophene rings is 1. The molecule has 0 aliphatic carbocycles. The fraction of sp³-hybridized carbons (Fsp3) is 0.368. The van der Waals surface area contributed by atoms with E-state index in [0.29, 0.717) is 5.69 Å². The molecular weight excluding hydrogens is 391 g/mol. The van der Waals surface area contributed by atoms with Crippen LogP contribution in [0.5, 0.6) is 0 Å². The smallest absolute Gasteiger partial charge is 0.273 e. The highest BCUT2D eigenvalue weighted by Crippen LogP contribution is 2.38. The van der Waals surface area contributed by atoms with Gasteiger partial charge in [-0.3, -0.25) is 10.1 Å². The van der Waals surface area contributed by atoms with Crippen molar-refractivity contribution in [2.45, 2.75) is 43.7 Å². The molecule has 0 aromatic carbocycles. The van der Waals surface area contributed by atoms with Crippen LogP contribution in [-0.2, 0) is 6.18 Å². The highest BCUT2D eigenvalue weighted by atomic mass is 32.2. The molecule has 3 aromatic heterocycles. The zero-order chi connectivity index (χ0) is 19.3. The van der Waals surface area contributed by atoms with E-state index in [4.69, 9.17) is 0 Å². The summed E-state index contributed by atoms with van der Waals surface area (Å²) in [5, 5.41) is 7.85. The van der Waals surface area contributed by atoms with Crippen molar-refractivity contribution in [3.63, 3.8) is 0 Å². The minimum atomic E-state index is -4.45. The van der Waals surface area contributed by atoms with Crippen molar-refractivity contribution in [3.05, 3.63) is 41.5 Å². The van der Waals surface area contributed by atoms with Crippen molar-refractivity contribution in [2.24, 2.45) is 0 Å². The number of pyridine rings is 1. The number of thioether (sulfide) groups is 1. The van der Waals surface area contributed by atoms with Gasteiger partial charge in [0.2, 0.25) is 0 Å². The van der Waals surface area contributed by atoms with Gasteiger partial charge in [0.25, 0.3) is 0 Å². The van der Waals surface area contributed by atoms with Crippen molar-refractivity contribution < 1.29 is 13.2 Å². The summed E-state index contributed by atoms with van der Waals surface area (Å²) in [5.41, 5.74) is 0.688. The lowest BCUT2D eigenvalue weighted by Crippen LogP contribution is -2.04. The van der Waals surface area contributed by atoms with Crippen LogP contribution >= 0.6 is 23.1 Å². The molecule has 0 saturated heterocycles. The normalized spacial score (nSPS) is 11.9. The summed E-state index contributed by atoms with van der Waals surface area (Å²) in [7, 11) is 0. The van der Waals surface area contributed by atoms with Gasteiger partial charge in [0.1, 0.15) is 11.4 Å². The number of nitrogens with zero attached hydrogens (tertiary/aromatic N) is 2. The Bertz CT molecular complexity index is 871. The van der Waals surface area contributed by atoms with E-state index in [1.807, 2.05) is 28.3 Å². The highest BCUT2D eigenvalue weighted by molar-refractivity contribution is 7.99. The summed E-state index contributed by atoms with van der Waals surface area (Å²) in [6.45, 7) is 2.20. The summed E-state index contributed by atoms with van der Waals surface area (Å²) in [5.74, 6) is 1.07. The number of H-pyrrole nitrogens is 1. The molecule has 3 heterocycles. The molecule has 0 unspecified atom stereocenters. The van der Waals surface area contributed by atoms with Gasteiger partial charge >= 0.3 is 6.18 Å². The number of hydrogen-bond acceptors (Lipinski definition) is 4. The van der Waals surface area contributed by atoms with E-state index in [0.717, 1.165) is 22.3 Å². The maximum atomic E-state index is 12.8. The zero-order valence-electron chi connectivity index (χ0n) is 14.8. The maximum absolute atomic E-state index is 12.8. The Morgan fingerprint density at radius 3 is 2.70 bits per heavy atom. The first kappa shape index (κ1) is 19.9. The molecule has 0 aliphatic heterocycles. The van der Waals surface area contributed by atoms with Gasteiger partial charge in [-0.15, -0.1) is 23.1 Å². The lowest BCUT2D eigenvalue weighted by atomic mass is 10.1. The first-order valence-electron chi connectivity index (χ1n) is 8.78. The van der Waals surface area contributed by atoms with Crippen LogP contribution in [-0.4, -0.2) is 20.9 Å². The second-order valence-electron chi connectivity index (χ2n) is 6.12. The number of aromatic nitrogens is 3. The number of hydrogen-bond donors (Lipinski definition) is 1. The van der Waals surface area contributed by atoms with Crippen molar-refractivity contribution >= 4 is 23.1 Å². The van der Waals surface area contributed by atoms with Crippen LogP contribution in [0.25, 0.3) is 21.8 Å². The van der Waals surface area contributed by atoms with Gasteiger partial charge < -0.3 is 0 Å². The minimum Gasteiger partial charge on any atom is -0.273 e. The van der Waals surface area contributed by atoms with E-state index in [9.17, 15) is 13.2 Å². The van der Waals surface area contributed by atoms with Gasteiger partial charge in [-0.2, -0.15) is 18.3 Å². The average Bonchev–Trinajstić information content (AvgIpc) is 3.31. The lowest BCUT2D eigenvalue weighted by molar-refractivity contribution is -0.141. The van der Waals surface area contributed by atoms with Gasteiger partial charge in [-0.05, 0) is 47.4 Å². The fourth-order valence-electron chi connectivity index (χ4n) is 2.64. The Kier molecular flexibility index (Phi) is 6.59. The van der Waals surface area contributed by atoms with E-state index in [1.54, 1.807) is 23.6 Å². The summed E-state index contributed by atoms with van der Waals surface area (Å²) in [4.78, 5) is 6.51. The molecule has 0 saturated carbocycles. The van der Waals surface area contributed by atoms with Gasteiger partial charge in [0, 0.05) is 16.0 Å². The Balaban J connectivity index is 1.76. The molecule has 8 heteroatoms. The standard InChI is InChI=1S/C19H20F3N3S2/c1-2-3-4-5-9-26-16-7-10-27-18(16)13-6-8-23-14(11-13)15-12-17(25-24-15)19(20,21)22/h6-8,10-12H,2-5,9H2,1H3,(H,24,25). The largest absolute Gasteiger partial charge is 0.432 e. The fourth-order valence-corrected chi connectivity index (χ4v) is 4.82. The third-order valence-electron chi connectivity index (χ3n) is 4.05. The van der Waals surface area contributed by atoms with Crippen LogP contribution in [0.4, 0.5) is 13.2 Å². The van der Waals surface area contributed by atoms with E-state index in [-0.39, 0.29) is 5.69 Å². The molecule has 27 heavy (non-hydrogen) atoms. The Morgan fingerprint density at radius 1 is 1.11 bits per heavy atom. The average molecular weight is 412 g/mol. The minimum absolute atomic E-state index is 0.189. The number of halogens is 3. The van der Waals surface area contributed by atoms with Crippen LogP contribution in [0.15, 0.2) is 40.7 Å². The number of alkyl halides is 3. The molecule has 0 amide bonds. The van der Waals surface area contributed by atoms with Crippen LogP contribution in [0.1, 0.15) is 38.3 Å². The number of nitrogens with one attached hydrogen (secondary N) is 1. The van der Waals surface area contributed by atoms with E-state index in [2.05, 4.69) is 23.1 Å². The molecule has 3 aromatic rings. The van der Waals surface area contributed by atoms with Crippen molar-refractivity contribution in [1.82, 2.24) is 15.2 Å². The van der Waals surface area contributed by atoms with E-state index < -0.39 is 11.9 Å². The quantitative estimate of drug-likeness (QED) is 0.324. The molecular formula is C19H20F3N3S2. The van der Waals surface area contributed by atoms with Crippen molar-refractivity contribution in [2.75, 3.05) is 5.75 Å².